The second-order valence-electron chi connectivity index (χ2n) is 6.10. The van der Waals surface area contributed by atoms with Crippen LogP contribution in [0.4, 0.5) is 11.4 Å². The topological polar surface area (TPSA) is 103 Å². The van der Waals surface area contributed by atoms with Gasteiger partial charge in [-0.3, -0.25) is 14.9 Å². The molecule has 148 valence electrons. The molecule has 0 aliphatic rings. The maximum Gasteiger partial charge on any atom is 0.271 e. The normalized spacial score (nSPS) is 10.5. The molecule has 8 nitrogen and oxygen atoms in total. The number of nitrogens with one attached hydrogen (secondary N) is 1. The molecule has 1 heterocycles. The number of allylic oxidation sites excluding steroid dienone is 1. The number of non-ortho nitro benzene ring substituents is 1. The first kappa shape index (κ1) is 20.3. The molecule has 0 saturated heterocycles. The Bertz CT molecular complexity index is 1020. The number of hydrogen-bond acceptors (Lipinski definition) is 6. The highest BCUT2D eigenvalue weighted by Gasteiger charge is 2.14. The molecule has 0 spiro atoms. The third kappa shape index (κ3) is 5.52. The molecule has 0 saturated carbocycles. The van der Waals surface area contributed by atoms with Gasteiger partial charge in [-0.1, -0.05) is 54.2 Å². The number of nitro benzene ring substituents is 1. The minimum atomic E-state index is -0.504. The van der Waals surface area contributed by atoms with E-state index in [1.807, 2.05) is 34.9 Å². The standard InChI is InChI=1S/C20H19N5O3S/c1-2-11-24-18(12-15-7-4-3-5-8-15)22-23-20(24)29-14-19(26)21-16-9-6-10-17(13-16)25(27)28/h2-10,13H,1,11-12,14H2,(H,21,26). The minimum Gasteiger partial charge on any atom is -0.325 e. The zero-order chi connectivity index (χ0) is 20.6. The molecule has 9 heteroatoms. The van der Waals surface area contributed by atoms with Gasteiger partial charge in [-0.15, -0.1) is 16.8 Å². The molecule has 3 aromatic rings. The van der Waals surface area contributed by atoms with Gasteiger partial charge >= 0.3 is 0 Å². The third-order valence-electron chi connectivity index (χ3n) is 3.98. The molecule has 3 rings (SSSR count). The second kappa shape index (κ2) is 9.65. The highest BCUT2D eigenvalue weighted by molar-refractivity contribution is 7.99. The predicted molar refractivity (Wildman–Crippen MR) is 112 cm³/mol. The van der Waals surface area contributed by atoms with Gasteiger partial charge in [0.15, 0.2) is 5.16 Å². The number of rotatable bonds is 9. The number of hydrogen-bond donors (Lipinski definition) is 1. The van der Waals surface area contributed by atoms with Crippen molar-refractivity contribution in [1.82, 2.24) is 14.8 Å². The Labute approximate surface area is 171 Å². The van der Waals surface area contributed by atoms with E-state index >= 15 is 0 Å². The van der Waals surface area contributed by atoms with Crippen LogP contribution in [-0.4, -0.2) is 31.3 Å². The molecule has 0 bridgehead atoms. The van der Waals surface area contributed by atoms with Crippen molar-refractivity contribution in [1.29, 1.82) is 0 Å². The largest absolute Gasteiger partial charge is 0.325 e. The molecule has 0 atom stereocenters. The van der Waals surface area contributed by atoms with Gasteiger partial charge in [-0.2, -0.15) is 0 Å². The van der Waals surface area contributed by atoms with E-state index in [-0.39, 0.29) is 17.3 Å². The number of carbonyl (C=O) groups is 1. The lowest BCUT2D eigenvalue weighted by molar-refractivity contribution is -0.384. The average molecular weight is 409 g/mol. The quantitative estimate of drug-likeness (QED) is 0.250. The lowest BCUT2D eigenvalue weighted by Gasteiger charge is -2.08. The summed E-state index contributed by atoms with van der Waals surface area (Å²) < 4.78 is 1.92. The van der Waals surface area contributed by atoms with Crippen molar-refractivity contribution in [3.05, 3.63) is 88.8 Å². The van der Waals surface area contributed by atoms with Crippen molar-refractivity contribution in [3.63, 3.8) is 0 Å². The van der Waals surface area contributed by atoms with Crippen LogP contribution in [-0.2, 0) is 17.8 Å². The van der Waals surface area contributed by atoms with E-state index < -0.39 is 4.92 Å². The van der Waals surface area contributed by atoms with Gasteiger partial charge < -0.3 is 9.88 Å². The molecule has 29 heavy (non-hydrogen) atoms. The van der Waals surface area contributed by atoms with Gasteiger partial charge in [0.1, 0.15) is 5.82 Å². The van der Waals surface area contributed by atoms with Crippen LogP contribution in [0.15, 0.2) is 72.4 Å². The van der Waals surface area contributed by atoms with Gasteiger partial charge in [0.05, 0.1) is 10.7 Å². The first-order valence-electron chi connectivity index (χ1n) is 8.81. The lowest BCUT2D eigenvalue weighted by atomic mass is 10.1. The number of amides is 1. The predicted octanol–water partition coefficient (Wildman–Crippen LogP) is 3.69. The monoisotopic (exact) mass is 409 g/mol. The summed E-state index contributed by atoms with van der Waals surface area (Å²) in [6, 6.07) is 15.8. The first-order valence-corrected chi connectivity index (χ1v) is 9.79. The van der Waals surface area contributed by atoms with Crippen LogP contribution >= 0.6 is 11.8 Å². The SMILES string of the molecule is C=CCn1c(Cc2ccccc2)nnc1SCC(=O)Nc1cccc([N+](=O)[O-])c1. The van der Waals surface area contributed by atoms with Crippen molar-refractivity contribution in [2.24, 2.45) is 0 Å². The fraction of sp³-hybridized carbons (Fsp3) is 0.150. The summed E-state index contributed by atoms with van der Waals surface area (Å²) in [5, 5.41) is 22.6. The Morgan fingerprint density at radius 1 is 1.21 bits per heavy atom. The van der Waals surface area contributed by atoms with Crippen LogP contribution in [0.3, 0.4) is 0 Å². The molecule has 1 amide bonds. The van der Waals surface area contributed by atoms with Gasteiger partial charge in [-0.25, -0.2) is 0 Å². The number of nitrogens with zero attached hydrogens (tertiary/aromatic N) is 4. The fourth-order valence-electron chi connectivity index (χ4n) is 2.67. The van der Waals surface area contributed by atoms with Crippen LogP contribution in [0.2, 0.25) is 0 Å². The van der Waals surface area contributed by atoms with Crippen LogP contribution < -0.4 is 5.32 Å². The summed E-state index contributed by atoms with van der Waals surface area (Å²) >= 11 is 1.25. The van der Waals surface area contributed by atoms with E-state index in [0.717, 1.165) is 11.4 Å². The Kier molecular flexibility index (Phi) is 6.75. The van der Waals surface area contributed by atoms with Gasteiger partial charge in [-0.05, 0) is 11.6 Å². The molecule has 1 N–H and O–H groups in total. The zero-order valence-electron chi connectivity index (χ0n) is 15.5. The molecule has 0 aliphatic carbocycles. The van der Waals surface area contributed by atoms with E-state index in [2.05, 4.69) is 22.1 Å². The number of carbonyl (C=O) groups excluding carboxylic acids is 1. The number of anilines is 1. The first-order chi connectivity index (χ1) is 14.1. The van der Waals surface area contributed by atoms with Crippen molar-refractivity contribution in [3.8, 4) is 0 Å². The summed E-state index contributed by atoms with van der Waals surface area (Å²) in [6.07, 6.45) is 2.38. The van der Waals surface area contributed by atoms with Gasteiger partial charge in [0.25, 0.3) is 5.69 Å². The van der Waals surface area contributed by atoms with E-state index in [0.29, 0.717) is 23.8 Å². The number of nitro groups is 1. The molecular formula is C20H19N5O3S. The maximum atomic E-state index is 12.3. The highest BCUT2D eigenvalue weighted by atomic mass is 32.2. The summed E-state index contributed by atoms with van der Waals surface area (Å²) in [7, 11) is 0. The summed E-state index contributed by atoms with van der Waals surface area (Å²) in [5.41, 5.74) is 1.42. The van der Waals surface area contributed by atoms with Crippen molar-refractivity contribution in [2.75, 3.05) is 11.1 Å². The summed E-state index contributed by atoms with van der Waals surface area (Å²) in [5.74, 6) is 0.606. The fourth-order valence-corrected chi connectivity index (χ4v) is 3.44. The summed E-state index contributed by atoms with van der Waals surface area (Å²) in [6.45, 7) is 4.31. The van der Waals surface area contributed by atoms with Crippen LogP contribution in [0, 0.1) is 10.1 Å². The number of thioether (sulfide) groups is 1. The third-order valence-corrected chi connectivity index (χ3v) is 4.95. The molecule has 0 radical (unpaired) electrons. The zero-order valence-corrected chi connectivity index (χ0v) is 16.3. The Hall–Kier alpha value is -3.46. The Morgan fingerprint density at radius 2 is 2.00 bits per heavy atom. The number of aromatic nitrogens is 3. The molecule has 2 aromatic carbocycles. The van der Waals surface area contributed by atoms with E-state index in [1.165, 1.54) is 30.0 Å². The Morgan fingerprint density at radius 3 is 2.72 bits per heavy atom. The smallest absolute Gasteiger partial charge is 0.271 e. The molecular weight excluding hydrogens is 390 g/mol. The van der Waals surface area contributed by atoms with Crippen molar-refractivity contribution >= 4 is 29.0 Å². The summed E-state index contributed by atoms with van der Waals surface area (Å²) in [4.78, 5) is 22.6. The van der Waals surface area contributed by atoms with Crippen LogP contribution in [0.25, 0.3) is 0 Å². The minimum absolute atomic E-state index is 0.0771. The van der Waals surface area contributed by atoms with E-state index in [9.17, 15) is 14.9 Å². The number of benzene rings is 2. The maximum absolute atomic E-state index is 12.3. The average Bonchev–Trinajstić information content (AvgIpc) is 3.09. The van der Waals surface area contributed by atoms with Crippen LogP contribution in [0.1, 0.15) is 11.4 Å². The molecule has 1 aromatic heterocycles. The van der Waals surface area contributed by atoms with Crippen LogP contribution in [0.5, 0.6) is 0 Å². The lowest BCUT2D eigenvalue weighted by Crippen LogP contribution is -2.15. The second-order valence-corrected chi connectivity index (χ2v) is 7.05. The van der Waals surface area contributed by atoms with E-state index in [4.69, 9.17) is 0 Å². The molecule has 0 aliphatic heterocycles. The van der Waals surface area contributed by atoms with Gasteiger partial charge in [0.2, 0.25) is 5.91 Å². The highest BCUT2D eigenvalue weighted by Crippen LogP contribution is 2.21. The molecule has 0 unspecified atom stereocenters. The van der Waals surface area contributed by atoms with Crippen molar-refractivity contribution in [2.45, 2.75) is 18.1 Å². The van der Waals surface area contributed by atoms with Gasteiger partial charge in [0, 0.05) is 30.8 Å². The van der Waals surface area contributed by atoms with Crippen molar-refractivity contribution < 1.29 is 9.72 Å². The van der Waals surface area contributed by atoms with E-state index in [1.54, 1.807) is 12.1 Å². The Balaban J connectivity index is 1.65. The molecule has 0 fully saturated rings.